The molecule has 7 nitrogen and oxygen atoms in total. The molecule has 0 saturated carbocycles. The van der Waals surface area contributed by atoms with Gasteiger partial charge >= 0.3 is 0 Å². The summed E-state index contributed by atoms with van der Waals surface area (Å²) < 4.78 is 0. The standard InChI is InChI=1S/C28H29N3O4/c1-19(24-6-4-3-5-7-24)29-18-23-12-10-21(11-13-23)8-9-22-14-16-25(17-15-22)27(33)30-26(20(2)32)28(34)31-35/h3-7,10-17,19-20,26,29,32,35H,18H2,1-2H3,(H,30,33)(H,31,34)/t19-,20+,26-/m0/s1. The maximum Gasteiger partial charge on any atom is 0.268 e. The summed E-state index contributed by atoms with van der Waals surface area (Å²) in [4.78, 5) is 23.9. The molecule has 0 aromatic heterocycles. The number of aliphatic hydroxyl groups is 1. The van der Waals surface area contributed by atoms with Gasteiger partial charge in [-0.3, -0.25) is 14.8 Å². The van der Waals surface area contributed by atoms with Gasteiger partial charge in [0.05, 0.1) is 6.10 Å². The Hall–Kier alpha value is -3.96. The molecule has 0 aliphatic heterocycles. The third kappa shape index (κ3) is 7.52. The lowest BCUT2D eigenvalue weighted by Crippen LogP contribution is -2.51. The average molecular weight is 472 g/mol. The third-order valence-corrected chi connectivity index (χ3v) is 5.53. The number of amides is 2. The Balaban J connectivity index is 1.56. The van der Waals surface area contributed by atoms with Gasteiger partial charge in [0, 0.05) is 29.3 Å². The van der Waals surface area contributed by atoms with Crippen LogP contribution in [0.2, 0.25) is 0 Å². The van der Waals surface area contributed by atoms with Crippen LogP contribution in [-0.2, 0) is 11.3 Å². The number of hydrogen-bond donors (Lipinski definition) is 5. The molecule has 180 valence electrons. The van der Waals surface area contributed by atoms with Gasteiger partial charge in [-0.15, -0.1) is 0 Å². The molecule has 0 unspecified atom stereocenters. The minimum atomic E-state index is -1.27. The summed E-state index contributed by atoms with van der Waals surface area (Å²) in [5, 5.41) is 24.3. The monoisotopic (exact) mass is 471 g/mol. The topological polar surface area (TPSA) is 111 Å². The molecule has 0 fully saturated rings. The fraction of sp³-hybridized carbons (Fsp3) is 0.214. The van der Waals surface area contributed by atoms with Crippen molar-refractivity contribution in [2.45, 2.75) is 38.6 Å². The highest BCUT2D eigenvalue weighted by Crippen LogP contribution is 2.13. The first kappa shape index (κ1) is 25.7. The summed E-state index contributed by atoms with van der Waals surface area (Å²) in [7, 11) is 0. The van der Waals surface area contributed by atoms with E-state index in [0.717, 1.165) is 17.7 Å². The smallest absolute Gasteiger partial charge is 0.268 e. The van der Waals surface area contributed by atoms with Gasteiger partial charge in [-0.2, -0.15) is 0 Å². The van der Waals surface area contributed by atoms with Crippen LogP contribution in [0.1, 0.15) is 52.5 Å². The Morgan fingerprint density at radius 2 is 1.43 bits per heavy atom. The second kappa shape index (κ2) is 12.5. The van der Waals surface area contributed by atoms with Gasteiger partial charge in [0.25, 0.3) is 11.8 Å². The number of carbonyl (C=O) groups excluding carboxylic acids is 2. The zero-order chi connectivity index (χ0) is 25.2. The van der Waals surface area contributed by atoms with Gasteiger partial charge in [0.1, 0.15) is 6.04 Å². The quantitative estimate of drug-likeness (QED) is 0.197. The molecule has 0 bridgehead atoms. The van der Waals surface area contributed by atoms with E-state index in [-0.39, 0.29) is 6.04 Å². The molecule has 0 aliphatic rings. The fourth-order valence-electron chi connectivity index (χ4n) is 3.39. The Bertz CT molecular complexity index is 1180. The number of hydrogen-bond acceptors (Lipinski definition) is 5. The van der Waals surface area contributed by atoms with Gasteiger partial charge in [-0.05, 0) is 61.4 Å². The van der Waals surface area contributed by atoms with Crippen LogP contribution in [0.15, 0.2) is 78.9 Å². The minimum absolute atomic E-state index is 0.255. The van der Waals surface area contributed by atoms with Gasteiger partial charge < -0.3 is 15.7 Å². The molecule has 2 amide bonds. The first-order chi connectivity index (χ1) is 16.9. The van der Waals surface area contributed by atoms with E-state index in [2.05, 4.69) is 41.5 Å². The van der Waals surface area contributed by atoms with Crippen molar-refractivity contribution < 1.29 is 19.9 Å². The average Bonchev–Trinajstić information content (AvgIpc) is 2.89. The van der Waals surface area contributed by atoms with E-state index in [0.29, 0.717) is 5.56 Å². The van der Waals surface area contributed by atoms with Gasteiger partial charge in [0.2, 0.25) is 0 Å². The van der Waals surface area contributed by atoms with E-state index in [9.17, 15) is 14.7 Å². The maximum atomic E-state index is 12.4. The Morgan fingerprint density at radius 3 is 1.97 bits per heavy atom. The largest absolute Gasteiger partial charge is 0.391 e. The molecule has 3 rings (SSSR count). The number of rotatable bonds is 8. The first-order valence-corrected chi connectivity index (χ1v) is 11.3. The van der Waals surface area contributed by atoms with Crippen molar-refractivity contribution in [1.29, 1.82) is 0 Å². The summed E-state index contributed by atoms with van der Waals surface area (Å²) in [5.74, 6) is 4.73. The predicted molar refractivity (Wildman–Crippen MR) is 133 cm³/mol. The molecular formula is C28H29N3O4. The van der Waals surface area contributed by atoms with E-state index in [1.54, 1.807) is 24.3 Å². The molecule has 3 aromatic carbocycles. The lowest BCUT2D eigenvalue weighted by Gasteiger charge is -2.19. The SMILES string of the molecule is C[C@H](NCc1ccc(C#Cc2ccc(C(=O)N[C@H](C(=O)NO)[C@@H](C)O)cc2)cc1)c1ccccc1. The van der Waals surface area contributed by atoms with E-state index in [4.69, 9.17) is 5.21 Å². The van der Waals surface area contributed by atoms with Crippen molar-refractivity contribution in [3.05, 3.63) is 107 Å². The van der Waals surface area contributed by atoms with Crippen LogP contribution in [0.25, 0.3) is 0 Å². The van der Waals surface area contributed by atoms with Crippen LogP contribution in [0.3, 0.4) is 0 Å². The Morgan fingerprint density at radius 1 is 0.857 bits per heavy atom. The number of hydroxylamine groups is 1. The number of nitrogens with one attached hydrogen (secondary N) is 3. The molecule has 7 heteroatoms. The zero-order valence-corrected chi connectivity index (χ0v) is 19.7. The van der Waals surface area contributed by atoms with Crippen LogP contribution in [-0.4, -0.2) is 34.3 Å². The Labute approximate surface area is 205 Å². The fourth-order valence-corrected chi connectivity index (χ4v) is 3.39. The van der Waals surface area contributed by atoms with Crippen molar-refractivity contribution in [2.75, 3.05) is 0 Å². The van der Waals surface area contributed by atoms with Gasteiger partial charge in [-0.25, -0.2) is 5.48 Å². The van der Waals surface area contributed by atoms with Crippen molar-refractivity contribution in [2.24, 2.45) is 0 Å². The molecule has 0 aliphatic carbocycles. The summed E-state index contributed by atoms with van der Waals surface area (Å²) in [6.07, 6.45) is -1.18. The molecule has 35 heavy (non-hydrogen) atoms. The van der Waals surface area contributed by atoms with E-state index >= 15 is 0 Å². The van der Waals surface area contributed by atoms with Crippen LogP contribution in [0.4, 0.5) is 0 Å². The number of benzene rings is 3. The summed E-state index contributed by atoms with van der Waals surface area (Å²) in [6, 6.07) is 23.9. The van der Waals surface area contributed by atoms with Gasteiger partial charge in [-0.1, -0.05) is 54.3 Å². The summed E-state index contributed by atoms with van der Waals surface area (Å²) in [6.45, 7) is 4.23. The molecule has 0 saturated heterocycles. The van der Waals surface area contributed by atoms with Crippen molar-refractivity contribution in [3.8, 4) is 11.8 Å². The van der Waals surface area contributed by atoms with E-state index in [1.807, 2.05) is 42.5 Å². The van der Waals surface area contributed by atoms with Crippen LogP contribution in [0.5, 0.6) is 0 Å². The van der Waals surface area contributed by atoms with Crippen LogP contribution in [0, 0.1) is 11.8 Å². The van der Waals surface area contributed by atoms with Crippen molar-refractivity contribution in [3.63, 3.8) is 0 Å². The molecule has 3 atom stereocenters. The van der Waals surface area contributed by atoms with Crippen molar-refractivity contribution in [1.82, 2.24) is 16.1 Å². The summed E-state index contributed by atoms with van der Waals surface area (Å²) >= 11 is 0. The molecule has 0 radical (unpaired) electrons. The van der Waals surface area contributed by atoms with Crippen LogP contribution >= 0.6 is 0 Å². The van der Waals surface area contributed by atoms with Gasteiger partial charge in [0.15, 0.2) is 0 Å². The molecular weight excluding hydrogens is 442 g/mol. The highest BCUT2D eigenvalue weighted by Gasteiger charge is 2.25. The minimum Gasteiger partial charge on any atom is -0.391 e. The Kier molecular flexibility index (Phi) is 9.16. The lowest BCUT2D eigenvalue weighted by molar-refractivity contribution is -0.133. The van der Waals surface area contributed by atoms with E-state index in [1.165, 1.54) is 23.5 Å². The molecule has 0 spiro atoms. The van der Waals surface area contributed by atoms with Crippen molar-refractivity contribution >= 4 is 11.8 Å². The lowest BCUT2D eigenvalue weighted by atomic mass is 10.1. The van der Waals surface area contributed by atoms with Crippen LogP contribution < -0.4 is 16.1 Å². The zero-order valence-electron chi connectivity index (χ0n) is 19.7. The first-order valence-electron chi connectivity index (χ1n) is 11.3. The number of carbonyl (C=O) groups is 2. The van der Waals surface area contributed by atoms with E-state index < -0.39 is 24.0 Å². The maximum absolute atomic E-state index is 12.4. The molecule has 5 N–H and O–H groups in total. The predicted octanol–water partition coefficient (Wildman–Crippen LogP) is 2.92. The second-order valence-corrected chi connectivity index (χ2v) is 8.21. The third-order valence-electron chi connectivity index (χ3n) is 5.53. The summed E-state index contributed by atoms with van der Waals surface area (Å²) in [5.41, 5.74) is 5.75. The molecule has 0 heterocycles. The number of aliphatic hydroxyl groups excluding tert-OH is 1. The second-order valence-electron chi connectivity index (χ2n) is 8.21. The molecule has 3 aromatic rings. The highest BCUT2D eigenvalue weighted by molar-refractivity contribution is 5.97. The highest BCUT2D eigenvalue weighted by atomic mass is 16.5. The normalized spacial score (nSPS) is 13.0.